The van der Waals surface area contributed by atoms with E-state index in [-0.39, 0.29) is 0 Å². The first-order valence-corrected chi connectivity index (χ1v) is 29.5. The lowest BCUT2D eigenvalue weighted by molar-refractivity contribution is 0.403. The SMILES string of the molecule is COc1ccccc1B(O)O.Cc1ccccc1C1=C(P(=O)(C2CCCCC2)C2CCCCC2)C2CCC1C2.O=P(C1=C(Br)C2CCC1C2)(C1CCCCC1)C1CCCCC1. The number of rotatable bonds is 9. The molecule has 4 unspecified atom stereocenters. The lowest BCUT2D eigenvalue weighted by atomic mass is 9.80. The van der Waals surface area contributed by atoms with E-state index in [1.807, 2.05) is 0 Å². The number of aryl methyl sites for hydroxylation is 1. The molecule has 2 N–H and O–H groups in total. The summed E-state index contributed by atoms with van der Waals surface area (Å²) in [5.41, 5.74) is 6.86. The summed E-state index contributed by atoms with van der Waals surface area (Å²) in [6.07, 6.45) is 33.8. The van der Waals surface area contributed by atoms with Crippen LogP contribution in [0, 0.1) is 30.6 Å². The molecule has 10 rings (SSSR count). The summed E-state index contributed by atoms with van der Waals surface area (Å²) in [5.74, 6) is 3.20. The van der Waals surface area contributed by atoms with Crippen molar-refractivity contribution in [2.45, 2.75) is 197 Å². The summed E-state index contributed by atoms with van der Waals surface area (Å²) in [5, 5.41) is 20.6. The highest BCUT2D eigenvalue weighted by atomic mass is 79.9. The van der Waals surface area contributed by atoms with E-state index in [4.69, 9.17) is 14.8 Å². The summed E-state index contributed by atoms with van der Waals surface area (Å²) < 4.78 is 36.3. The first-order valence-electron chi connectivity index (χ1n) is 25.0. The fraction of sp³-hybridized carbons (Fsp3) is 0.692. The van der Waals surface area contributed by atoms with Gasteiger partial charge in [0.05, 0.1) is 7.11 Å². The van der Waals surface area contributed by atoms with Crippen LogP contribution < -0.4 is 10.2 Å². The maximum absolute atomic E-state index is 15.4. The molecule has 8 aliphatic rings. The van der Waals surface area contributed by atoms with Gasteiger partial charge < -0.3 is 23.9 Å². The molecule has 0 radical (unpaired) electrons. The molecule has 4 bridgehead atoms. The van der Waals surface area contributed by atoms with Gasteiger partial charge in [0.25, 0.3) is 0 Å². The zero-order valence-electron chi connectivity index (χ0n) is 37.6. The van der Waals surface area contributed by atoms with Crippen molar-refractivity contribution in [1.82, 2.24) is 0 Å². The van der Waals surface area contributed by atoms with Crippen molar-refractivity contribution < 1.29 is 23.9 Å². The lowest BCUT2D eigenvalue weighted by Gasteiger charge is -2.42. The predicted molar refractivity (Wildman–Crippen MR) is 261 cm³/mol. The Hall–Kier alpha value is -1.36. The molecule has 9 heteroatoms. The first-order chi connectivity index (χ1) is 29.7. The fourth-order valence-corrected chi connectivity index (χ4v) is 25.7. The monoisotopic (exact) mass is 932 g/mol. The summed E-state index contributed by atoms with van der Waals surface area (Å²) in [7, 11) is -4.48. The Morgan fingerprint density at radius 3 is 1.39 bits per heavy atom. The van der Waals surface area contributed by atoms with Gasteiger partial charge in [-0.25, -0.2) is 0 Å². The molecular weight excluding hydrogens is 857 g/mol. The van der Waals surface area contributed by atoms with Crippen LogP contribution in [0.25, 0.3) is 5.57 Å². The summed E-state index contributed by atoms with van der Waals surface area (Å²) in [6.45, 7) is 2.26. The van der Waals surface area contributed by atoms with Gasteiger partial charge in [-0.15, -0.1) is 0 Å². The van der Waals surface area contributed by atoms with Gasteiger partial charge in [-0.05, 0) is 149 Å². The molecule has 6 saturated carbocycles. The van der Waals surface area contributed by atoms with E-state index in [0.29, 0.717) is 51.6 Å². The molecule has 0 heterocycles. The molecule has 334 valence electrons. The number of para-hydroxylation sites is 1. The number of allylic oxidation sites excluding steroid dienone is 4. The van der Waals surface area contributed by atoms with Gasteiger partial charge in [-0.2, -0.15) is 0 Å². The van der Waals surface area contributed by atoms with E-state index >= 15 is 4.57 Å². The summed E-state index contributed by atoms with van der Waals surface area (Å²) in [6, 6.07) is 15.7. The van der Waals surface area contributed by atoms with E-state index in [2.05, 4.69) is 47.1 Å². The largest absolute Gasteiger partial charge is 0.497 e. The third kappa shape index (κ3) is 9.51. The number of hydrogen-bond donors (Lipinski definition) is 2. The molecule has 6 fully saturated rings. The average Bonchev–Trinajstić information content (AvgIpc) is 4.14. The number of hydrogen-bond acceptors (Lipinski definition) is 5. The van der Waals surface area contributed by atoms with Crippen LogP contribution in [0.5, 0.6) is 5.75 Å². The molecular formula is C52H76BBrO5P2. The third-order valence-corrected chi connectivity index (χ3v) is 27.5. The normalized spacial score (nSPS) is 27.8. The van der Waals surface area contributed by atoms with Gasteiger partial charge >= 0.3 is 7.12 Å². The minimum Gasteiger partial charge on any atom is -0.497 e. The standard InChI is InChI=1S/C26H37OP.C19H30BrOP.C7H9BO3/c1-19-10-8-9-15-24(19)25-20-16-17-21(18-20)26(25)28(27,22-11-4-2-5-12-22)23-13-6-3-7-14-23;20-18-14-11-12-15(13-14)19(18)22(21,16-7-3-1-4-8-16)17-9-5-2-6-10-17;1-11-7-5-3-2-4-6(7)8(9)10/h8-10,15,20-23H,2-7,11-14,16-18H2,1H3;14-17H,1-13H2;2-5,9-10H,1H3. The summed E-state index contributed by atoms with van der Waals surface area (Å²) in [4.78, 5) is 0. The van der Waals surface area contributed by atoms with Crippen LogP contribution in [0.2, 0.25) is 0 Å². The van der Waals surface area contributed by atoms with Crippen molar-refractivity contribution in [1.29, 1.82) is 0 Å². The number of fused-ring (bicyclic) bond motifs is 4. The second kappa shape index (κ2) is 20.9. The predicted octanol–water partition coefficient (Wildman–Crippen LogP) is 14.6. The van der Waals surface area contributed by atoms with Crippen LogP contribution in [0.1, 0.15) is 178 Å². The van der Waals surface area contributed by atoms with Crippen molar-refractivity contribution in [2.24, 2.45) is 23.7 Å². The van der Waals surface area contributed by atoms with Crippen LogP contribution in [-0.2, 0) is 9.13 Å². The van der Waals surface area contributed by atoms with Crippen LogP contribution >= 0.6 is 30.2 Å². The highest BCUT2D eigenvalue weighted by Gasteiger charge is 2.54. The van der Waals surface area contributed by atoms with Gasteiger partial charge in [0, 0.05) is 37.9 Å². The van der Waals surface area contributed by atoms with Crippen LogP contribution in [0.4, 0.5) is 0 Å². The Kier molecular flexibility index (Phi) is 15.8. The molecule has 2 aromatic carbocycles. The molecule has 2 aromatic rings. The molecule has 0 amide bonds. The lowest BCUT2D eigenvalue weighted by Crippen LogP contribution is -2.30. The van der Waals surface area contributed by atoms with Crippen molar-refractivity contribution in [3.05, 3.63) is 74.8 Å². The van der Waals surface area contributed by atoms with Gasteiger partial charge in [0.15, 0.2) is 0 Å². The Bertz CT molecular complexity index is 1910. The molecule has 4 atom stereocenters. The zero-order chi connectivity index (χ0) is 42.6. The Morgan fingerprint density at radius 1 is 0.541 bits per heavy atom. The zero-order valence-corrected chi connectivity index (χ0v) is 41.0. The average molecular weight is 934 g/mol. The molecule has 5 nitrogen and oxygen atoms in total. The molecule has 0 saturated heterocycles. The topological polar surface area (TPSA) is 83.8 Å². The maximum atomic E-state index is 15.4. The van der Waals surface area contributed by atoms with E-state index in [9.17, 15) is 4.57 Å². The van der Waals surface area contributed by atoms with Crippen molar-refractivity contribution in [2.75, 3.05) is 7.11 Å². The van der Waals surface area contributed by atoms with Crippen LogP contribution in [0.15, 0.2) is 63.6 Å². The van der Waals surface area contributed by atoms with Gasteiger partial charge in [-0.1, -0.05) is 135 Å². The second-order valence-corrected chi connectivity index (χ2v) is 28.0. The van der Waals surface area contributed by atoms with Gasteiger partial charge in [0.2, 0.25) is 0 Å². The van der Waals surface area contributed by atoms with E-state index in [1.54, 1.807) is 29.8 Å². The molecule has 0 spiro atoms. The van der Waals surface area contributed by atoms with E-state index in [1.165, 1.54) is 200 Å². The quantitative estimate of drug-likeness (QED) is 0.193. The van der Waals surface area contributed by atoms with Crippen molar-refractivity contribution in [3.8, 4) is 5.75 Å². The Labute approximate surface area is 378 Å². The first kappa shape index (κ1) is 46.2. The van der Waals surface area contributed by atoms with Gasteiger partial charge in [-0.3, -0.25) is 0 Å². The molecule has 0 aliphatic heterocycles. The Balaban J connectivity index is 0.000000138. The maximum Gasteiger partial charge on any atom is 0.492 e. The van der Waals surface area contributed by atoms with Crippen LogP contribution in [-0.4, -0.2) is 46.9 Å². The number of methoxy groups -OCH3 is 1. The van der Waals surface area contributed by atoms with E-state index in [0.717, 1.165) is 5.92 Å². The minimum atomic E-state index is -2.32. The number of ether oxygens (including phenoxy) is 1. The van der Waals surface area contributed by atoms with Crippen molar-refractivity contribution >= 4 is 48.4 Å². The number of halogens is 1. The highest BCUT2D eigenvalue weighted by Crippen LogP contribution is 2.77. The molecule has 8 aliphatic carbocycles. The minimum absolute atomic E-state index is 0.384. The molecule has 0 aromatic heterocycles. The van der Waals surface area contributed by atoms with Gasteiger partial charge in [0.1, 0.15) is 20.0 Å². The van der Waals surface area contributed by atoms with Crippen LogP contribution in [0.3, 0.4) is 0 Å². The second-order valence-electron chi connectivity index (χ2n) is 20.5. The third-order valence-electron chi connectivity index (χ3n) is 17.0. The number of benzene rings is 2. The molecule has 61 heavy (non-hydrogen) atoms. The van der Waals surface area contributed by atoms with Crippen molar-refractivity contribution in [3.63, 3.8) is 0 Å². The van der Waals surface area contributed by atoms with E-state index < -0.39 is 21.4 Å². The Morgan fingerprint density at radius 2 is 0.951 bits per heavy atom. The summed E-state index contributed by atoms with van der Waals surface area (Å²) >= 11 is 3.94. The fourth-order valence-electron chi connectivity index (χ4n) is 14.1. The smallest absolute Gasteiger partial charge is 0.492 e. The highest BCUT2D eigenvalue weighted by molar-refractivity contribution is 9.11.